The standard InChI is InChI=1S/C14H23N5.HI/c1-12(11-19-9-5-8-17-19)10-16-14(15-2)18-13-6-3-4-7-13;/h3-5,8-9,12-13H,6-7,10-11H2,1-2H3,(H2,15,16,18);1H. The van der Waals surface area contributed by atoms with Gasteiger partial charge >= 0.3 is 0 Å². The molecule has 1 atom stereocenters. The van der Waals surface area contributed by atoms with E-state index >= 15 is 0 Å². The Morgan fingerprint density at radius 1 is 1.45 bits per heavy atom. The average Bonchev–Trinajstić information content (AvgIpc) is 3.07. The summed E-state index contributed by atoms with van der Waals surface area (Å²) in [4.78, 5) is 4.26. The number of aromatic nitrogens is 2. The molecule has 0 fully saturated rings. The van der Waals surface area contributed by atoms with Gasteiger partial charge in [0.1, 0.15) is 0 Å². The fourth-order valence-electron chi connectivity index (χ4n) is 2.19. The van der Waals surface area contributed by atoms with Crippen LogP contribution in [0.4, 0.5) is 0 Å². The molecule has 0 bridgehead atoms. The fourth-order valence-corrected chi connectivity index (χ4v) is 2.19. The zero-order valence-electron chi connectivity index (χ0n) is 12.1. The number of aliphatic imine (C=N–C) groups is 1. The van der Waals surface area contributed by atoms with E-state index in [1.807, 2.05) is 30.2 Å². The van der Waals surface area contributed by atoms with Crippen molar-refractivity contribution >= 4 is 29.9 Å². The first-order valence-electron chi connectivity index (χ1n) is 6.87. The Hall–Kier alpha value is -1.05. The molecule has 2 rings (SSSR count). The molecule has 0 amide bonds. The van der Waals surface area contributed by atoms with E-state index in [1.54, 1.807) is 0 Å². The van der Waals surface area contributed by atoms with Crippen molar-refractivity contribution in [1.82, 2.24) is 20.4 Å². The second-order valence-corrected chi connectivity index (χ2v) is 5.07. The number of nitrogens with zero attached hydrogens (tertiary/aromatic N) is 3. The van der Waals surface area contributed by atoms with Crippen LogP contribution in [0.3, 0.4) is 0 Å². The summed E-state index contributed by atoms with van der Waals surface area (Å²) in [5.74, 6) is 1.39. The zero-order chi connectivity index (χ0) is 13.5. The molecule has 0 aliphatic heterocycles. The molecule has 1 aliphatic rings. The highest BCUT2D eigenvalue weighted by molar-refractivity contribution is 14.0. The summed E-state index contributed by atoms with van der Waals surface area (Å²) in [6, 6.07) is 2.45. The van der Waals surface area contributed by atoms with Crippen LogP contribution in [0, 0.1) is 5.92 Å². The number of hydrogen-bond acceptors (Lipinski definition) is 2. The molecule has 0 saturated heterocycles. The van der Waals surface area contributed by atoms with Gasteiger partial charge in [0.2, 0.25) is 0 Å². The van der Waals surface area contributed by atoms with E-state index in [-0.39, 0.29) is 24.0 Å². The predicted octanol–water partition coefficient (Wildman–Crippen LogP) is 2.02. The lowest BCUT2D eigenvalue weighted by Crippen LogP contribution is -2.44. The smallest absolute Gasteiger partial charge is 0.191 e. The highest BCUT2D eigenvalue weighted by Gasteiger charge is 2.12. The molecular formula is C14H24IN5. The summed E-state index contributed by atoms with van der Waals surface area (Å²) >= 11 is 0. The monoisotopic (exact) mass is 389 g/mol. The molecule has 1 unspecified atom stereocenters. The van der Waals surface area contributed by atoms with Gasteiger partial charge in [-0.3, -0.25) is 9.67 Å². The maximum Gasteiger partial charge on any atom is 0.191 e. The minimum atomic E-state index is 0. The Kier molecular flexibility index (Phi) is 7.64. The Bertz CT molecular complexity index is 419. The second-order valence-electron chi connectivity index (χ2n) is 5.07. The number of nitrogens with one attached hydrogen (secondary N) is 2. The molecule has 1 heterocycles. The van der Waals surface area contributed by atoms with E-state index in [0.29, 0.717) is 12.0 Å². The third-order valence-electron chi connectivity index (χ3n) is 3.25. The van der Waals surface area contributed by atoms with Gasteiger partial charge in [0.25, 0.3) is 0 Å². The van der Waals surface area contributed by atoms with Gasteiger partial charge in [-0.2, -0.15) is 5.10 Å². The summed E-state index contributed by atoms with van der Waals surface area (Å²) in [5.41, 5.74) is 0. The van der Waals surface area contributed by atoms with Crippen LogP contribution in [0.25, 0.3) is 0 Å². The number of halogens is 1. The summed E-state index contributed by atoms with van der Waals surface area (Å²) in [7, 11) is 1.82. The van der Waals surface area contributed by atoms with E-state index in [1.165, 1.54) is 0 Å². The maximum atomic E-state index is 4.26. The molecule has 1 aromatic heterocycles. The molecule has 1 aromatic rings. The molecule has 0 aromatic carbocycles. The molecule has 112 valence electrons. The van der Waals surface area contributed by atoms with Crippen LogP contribution >= 0.6 is 24.0 Å². The van der Waals surface area contributed by atoms with Crippen molar-refractivity contribution in [2.75, 3.05) is 13.6 Å². The summed E-state index contributed by atoms with van der Waals surface area (Å²) in [5, 5.41) is 11.0. The van der Waals surface area contributed by atoms with Crippen LogP contribution in [-0.2, 0) is 6.54 Å². The van der Waals surface area contributed by atoms with Crippen molar-refractivity contribution in [3.05, 3.63) is 30.6 Å². The van der Waals surface area contributed by atoms with E-state index in [2.05, 4.69) is 39.8 Å². The molecule has 0 saturated carbocycles. The van der Waals surface area contributed by atoms with E-state index < -0.39 is 0 Å². The van der Waals surface area contributed by atoms with Gasteiger partial charge in [0, 0.05) is 38.6 Å². The van der Waals surface area contributed by atoms with Crippen LogP contribution in [0.2, 0.25) is 0 Å². The molecule has 2 N–H and O–H groups in total. The van der Waals surface area contributed by atoms with Gasteiger partial charge in [-0.25, -0.2) is 0 Å². The topological polar surface area (TPSA) is 54.2 Å². The first kappa shape index (κ1) is 17.0. The Morgan fingerprint density at radius 2 is 2.20 bits per heavy atom. The van der Waals surface area contributed by atoms with Gasteiger partial charge < -0.3 is 10.6 Å². The van der Waals surface area contributed by atoms with Crippen molar-refractivity contribution in [2.24, 2.45) is 10.9 Å². The quantitative estimate of drug-likeness (QED) is 0.351. The number of guanidine groups is 1. The number of rotatable bonds is 5. The van der Waals surface area contributed by atoms with E-state index in [9.17, 15) is 0 Å². The molecule has 6 heteroatoms. The summed E-state index contributed by atoms with van der Waals surface area (Å²) < 4.78 is 1.96. The number of hydrogen-bond donors (Lipinski definition) is 2. The first-order valence-corrected chi connectivity index (χ1v) is 6.87. The van der Waals surface area contributed by atoms with Crippen molar-refractivity contribution < 1.29 is 0 Å². The minimum absolute atomic E-state index is 0. The third-order valence-corrected chi connectivity index (χ3v) is 3.25. The lowest BCUT2D eigenvalue weighted by atomic mass is 10.2. The lowest BCUT2D eigenvalue weighted by Gasteiger charge is -2.19. The van der Waals surface area contributed by atoms with E-state index in [0.717, 1.165) is 31.9 Å². The normalized spacial score (nSPS) is 16.8. The van der Waals surface area contributed by atoms with Crippen molar-refractivity contribution in [2.45, 2.75) is 32.4 Å². The largest absolute Gasteiger partial charge is 0.356 e. The lowest BCUT2D eigenvalue weighted by molar-refractivity contribution is 0.442. The zero-order valence-corrected chi connectivity index (χ0v) is 14.5. The van der Waals surface area contributed by atoms with Crippen molar-refractivity contribution in [3.63, 3.8) is 0 Å². The molecule has 20 heavy (non-hydrogen) atoms. The molecular weight excluding hydrogens is 365 g/mol. The van der Waals surface area contributed by atoms with Crippen LogP contribution in [0.5, 0.6) is 0 Å². The van der Waals surface area contributed by atoms with Gasteiger partial charge in [-0.05, 0) is 24.8 Å². The van der Waals surface area contributed by atoms with Gasteiger partial charge in [-0.1, -0.05) is 19.1 Å². The summed E-state index contributed by atoms with van der Waals surface area (Å²) in [6.07, 6.45) is 10.4. The van der Waals surface area contributed by atoms with Gasteiger partial charge in [0.05, 0.1) is 0 Å². The Balaban J connectivity index is 0.00000200. The highest BCUT2D eigenvalue weighted by atomic mass is 127. The maximum absolute atomic E-state index is 4.26. The SMILES string of the molecule is CN=C(NCC(C)Cn1cccn1)NC1CC=CC1.I. The van der Waals surface area contributed by atoms with Crippen molar-refractivity contribution in [3.8, 4) is 0 Å². The average molecular weight is 389 g/mol. The minimum Gasteiger partial charge on any atom is -0.356 e. The Labute approximate surface area is 137 Å². The predicted molar refractivity (Wildman–Crippen MR) is 93.5 cm³/mol. The van der Waals surface area contributed by atoms with Crippen LogP contribution in [0.1, 0.15) is 19.8 Å². The molecule has 1 aliphatic carbocycles. The van der Waals surface area contributed by atoms with Gasteiger partial charge in [0.15, 0.2) is 5.96 Å². The fraction of sp³-hybridized carbons (Fsp3) is 0.571. The van der Waals surface area contributed by atoms with E-state index in [4.69, 9.17) is 0 Å². The summed E-state index contributed by atoms with van der Waals surface area (Å²) in [6.45, 7) is 4.01. The highest BCUT2D eigenvalue weighted by Crippen LogP contribution is 2.08. The second kappa shape index (κ2) is 8.99. The first-order chi connectivity index (χ1) is 9.28. The van der Waals surface area contributed by atoms with Gasteiger partial charge in [-0.15, -0.1) is 24.0 Å². The molecule has 5 nitrogen and oxygen atoms in total. The van der Waals surface area contributed by atoms with Crippen molar-refractivity contribution in [1.29, 1.82) is 0 Å². The molecule has 0 spiro atoms. The Morgan fingerprint density at radius 3 is 2.80 bits per heavy atom. The van der Waals surface area contributed by atoms with Crippen LogP contribution < -0.4 is 10.6 Å². The molecule has 0 radical (unpaired) electrons. The van der Waals surface area contributed by atoms with Crippen LogP contribution in [0.15, 0.2) is 35.6 Å². The third kappa shape index (κ3) is 5.52. The van der Waals surface area contributed by atoms with Crippen LogP contribution in [-0.4, -0.2) is 35.4 Å².